The predicted molar refractivity (Wildman–Crippen MR) is 88.4 cm³/mol. The van der Waals surface area contributed by atoms with Crippen LogP contribution in [0.15, 0.2) is 42.5 Å². The Labute approximate surface area is 144 Å². The molecule has 0 aliphatic heterocycles. The van der Waals surface area contributed by atoms with Crippen LogP contribution in [0.3, 0.4) is 0 Å². The van der Waals surface area contributed by atoms with Crippen LogP contribution in [0.25, 0.3) is 0 Å². The quantitative estimate of drug-likeness (QED) is 0.805. The second-order valence-corrected chi connectivity index (χ2v) is 5.25. The maximum absolute atomic E-state index is 13.5. The van der Waals surface area contributed by atoms with Gasteiger partial charge in [0.05, 0.1) is 19.2 Å². The Balaban J connectivity index is 1.73. The first-order chi connectivity index (χ1) is 12.0. The lowest BCUT2D eigenvalue weighted by atomic mass is 10.1. The lowest BCUT2D eigenvalue weighted by Crippen LogP contribution is -2.38. The highest BCUT2D eigenvalue weighted by molar-refractivity contribution is 5.96. The summed E-state index contributed by atoms with van der Waals surface area (Å²) in [6.07, 6.45) is 0.621. The van der Waals surface area contributed by atoms with Crippen molar-refractivity contribution in [3.63, 3.8) is 0 Å². The molecule has 5 nitrogen and oxygen atoms in total. The van der Waals surface area contributed by atoms with E-state index in [-0.39, 0.29) is 12.1 Å². The van der Waals surface area contributed by atoms with Crippen LogP contribution >= 0.6 is 0 Å². The molecule has 0 atom stereocenters. The van der Waals surface area contributed by atoms with Crippen LogP contribution in [0.4, 0.5) is 8.78 Å². The van der Waals surface area contributed by atoms with Crippen molar-refractivity contribution in [3.8, 4) is 5.75 Å². The number of hydrogen-bond donors (Lipinski definition) is 2. The lowest BCUT2D eigenvalue weighted by molar-refractivity contribution is -0.120. The van der Waals surface area contributed by atoms with Crippen molar-refractivity contribution in [2.45, 2.75) is 6.42 Å². The Bertz CT molecular complexity index is 748. The summed E-state index contributed by atoms with van der Waals surface area (Å²) in [6.45, 7) is 0.101. The van der Waals surface area contributed by atoms with Crippen LogP contribution in [0, 0.1) is 11.6 Å². The number of benzene rings is 2. The standard InChI is InChI=1S/C18H18F2N2O3/c1-25-14-5-2-12(3-6-14)8-9-21-17(23)11-22-18(24)15-7-4-13(19)10-16(15)20/h2-7,10H,8-9,11H2,1H3,(H,21,23)(H,22,24). The summed E-state index contributed by atoms with van der Waals surface area (Å²) >= 11 is 0. The predicted octanol–water partition coefficient (Wildman–Crippen LogP) is 2.06. The van der Waals surface area contributed by atoms with Crippen LogP contribution in [0.2, 0.25) is 0 Å². The molecule has 0 aliphatic rings. The summed E-state index contributed by atoms with van der Waals surface area (Å²) in [6, 6.07) is 10.1. The minimum atomic E-state index is -0.975. The molecule has 132 valence electrons. The number of carbonyl (C=O) groups excluding carboxylic acids is 2. The van der Waals surface area contributed by atoms with Crippen molar-refractivity contribution < 1.29 is 23.1 Å². The van der Waals surface area contributed by atoms with Gasteiger partial charge in [0.2, 0.25) is 5.91 Å². The topological polar surface area (TPSA) is 67.4 Å². The molecular formula is C18H18F2N2O3. The number of amides is 2. The van der Waals surface area contributed by atoms with Crippen LogP contribution in [0.1, 0.15) is 15.9 Å². The van der Waals surface area contributed by atoms with Gasteiger partial charge in [-0.25, -0.2) is 8.78 Å². The van der Waals surface area contributed by atoms with Gasteiger partial charge in [-0.15, -0.1) is 0 Å². The van der Waals surface area contributed by atoms with Gasteiger partial charge in [0, 0.05) is 12.6 Å². The molecule has 7 heteroatoms. The van der Waals surface area contributed by atoms with Gasteiger partial charge in [-0.05, 0) is 36.2 Å². The Hall–Kier alpha value is -2.96. The Morgan fingerprint density at radius 1 is 1.04 bits per heavy atom. The second-order valence-electron chi connectivity index (χ2n) is 5.25. The van der Waals surface area contributed by atoms with E-state index >= 15 is 0 Å². The minimum Gasteiger partial charge on any atom is -0.497 e. The van der Waals surface area contributed by atoms with Crippen LogP contribution in [-0.4, -0.2) is 32.0 Å². The summed E-state index contributed by atoms with van der Waals surface area (Å²) in [5.74, 6) is -2.17. The molecule has 0 unspecified atom stereocenters. The normalized spacial score (nSPS) is 10.2. The molecule has 2 rings (SSSR count). The molecule has 0 saturated heterocycles. The molecular weight excluding hydrogens is 330 g/mol. The number of halogens is 2. The van der Waals surface area contributed by atoms with E-state index in [0.717, 1.165) is 23.4 Å². The highest BCUT2D eigenvalue weighted by Crippen LogP contribution is 2.11. The monoisotopic (exact) mass is 348 g/mol. The second kappa shape index (κ2) is 8.77. The molecule has 2 N–H and O–H groups in total. The molecule has 0 spiro atoms. The fourth-order valence-corrected chi connectivity index (χ4v) is 2.13. The van der Waals surface area contributed by atoms with Crippen molar-refractivity contribution in [2.24, 2.45) is 0 Å². The molecule has 2 aromatic rings. The molecule has 0 radical (unpaired) electrons. The Morgan fingerprint density at radius 3 is 2.40 bits per heavy atom. The first-order valence-corrected chi connectivity index (χ1v) is 7.62. The third-order valence-electron chi connectivity index (χ3n) is 3.48. The van der Waals surface area contributed by atoms with E-state index in [2.05, 4.69) is 10.6 Å². The van der Waals surface area contributed by atoms with Gasteiger partial charge in [0.1, 0.15) is 17.4 Å². The highest BCUT2D eigenvalue weighted by atomic mass is 19.1. The Kier molecular flexibility index (Phi) is 6.45. The van der Waals surface area contributed by atoms with E-state index in [1.54, 1.807) is 7.11 Å². The molecule has 2 aromatic carbocycles. The highest BCUT2D eigenvalue weighted by Gasteiger charge is 2.13. The minimum absolute atomic E-state index is 0.293. The summed E-state index contributed by atoms with van der Waals surface area (Å²) < 4.78 is 31.3. The molecule has 25 heavy (non-hydrogen) atoms. The zero-order valence-electron chi connectivity index (χ0n) is 13.6. The van der Waals surface area contributed by atoms with E-state index in [1.807, 2.05) is 24.3 Å². The number of nitrogens with one attached hydrogen (secondary N) is 2. The summed E-state index contributed by atoms with van der Waals surface area (Å²) in [4.78, 5) is 23.5. The van der Waals surface area contributed by atoms with Gasteiger partial charge < -0.3 is 15.4 Å². The van der Waals surface area contributed by atoms with E-state index in [9.17, 15) is 18.4 Å². The van der Waals surface area contributed by atoms with E-state index in [0.29, 0.717) is 19.0 Å². The van der Waals surface area contributed by atoms with Gasteiger partial charge in [0.25, 0.3) is 5.91 Å². The zero-order valence-corrected chi connectivity index (χ0v) is 13.6. The number of rotatable bonds is 7. The largest absolute Gasteiger partial charge is 0.497 e. The van der Waals surface area contributed by atoms with Crippen molar-refractivity contribution in [3.05, 3.63) is 65.2 Å². The molecule has 0 aliphatic carbocycles. The van der Waals surface area contributed by atoms with Crippen molar-refractivity contribution in [1.29, 1.82) is 0 Å². The van der Waals surface area contributed by atoms with Gasteiger partial charge in [-0.3, -0.25) is 9.59 Å². The smallest absolute Gasteiger partial charge is 0.254 e. The van der Waals surface area contributed by atoms with E-state index in [1.165, 1.54) is 0 Å². The van der Waals surface area contributed by atoms with Crippen molar-refractivity contribution in [1.82, 2.24) is 10.6 Å². The average Bonchev–Trinajstić information content (AvgIpc) is 2.60. The summed E-state index contributed by atoms with van der Waals surface area (Å²) in [7, 11) is 1.58. The van der Waals surface area contributed by atoms with Gasteiger partial charge in [-0.1, -0.05) is 12.1 Å². The first kappa shape index (κ1) is 18.4. The summed E-state index contributed by atoms with van der Waals surface area (Å²) in [5, 5.41) is 4.94. The van der Waals surface area contributed by atoms with E-state index in [4.69, 9.17) is 4.74 Å². The lowest BCUT2D eigenvalue weighted by Gasteiger charge is -2.08. The Morgan fingerprint density at radius 2 is 1.76 bits per heavy atom. The third-order valence-corrected chi connectivity index (χ3v) is 3.48. The third kappa shape index (κ3) is 5.56. The van der Waals surface area contributed by atoms with Crippen LogP contribution < -0.4 is 15.4 Å². The first-order valence-electron chi connectivity index (χ1n) is 7.62. The van der Waals surface area contributed by atoms with Crippen molar-refractivity contribution >= 4 is 11.8 Å². The molecule has 0 heterocycles. The SMILES string of the molecule is COc1ccc(CCNC(=O)CNC(=O)c2ccc(F)cc2F)cc1. The fourth-order valence-electron chi connectivity index (χ4n) is 2.13. The van der Waals surface area contributed by atoms with E-state index < -0.39 is 23.4 Å². The zero-order chi connectivity index (χ0) is 18.2. The van der Waals surface area contributed by atoms with Crippen LogP contribution in [0.5, 0.6) is 5.75 Å². The van der Waals surface area contributed by atoms with Gasteiger partial charge in [0.15, 0.2) is 0 Å². The average molecular weight is 348 g/mol. The van der Waals surface area contributed by atoms with Gasteiger partial charge in [-0.2, -0.15) is 0 Å². The molecule has 2 amide bonds. The maximum atomic E-state index is 13.5. The molecule has 0 fully saturated rings. The van der Waals surface area contributed by atoms with Crippen LogP contribution in [-0.2, 0) is 11.2 Å². The number of hydrogen-bond acceptors (Lipinski definition) is 3. The molecule has 0 aromatic heterocycles. The number of ether oxygens (including phenoxy) is 1. The van der Waals surface area contributed by atoms with Gasteiger partial charge >= 0.3 is 0 Å². The summed E-state index contributed by atoms with van der Waals surface area (Å²) in [5.41, 5.74) is 0.714. The van der Waals surface area contributed by atoms with Crippen molar-refractivity contribution in [2.75, 3.05) is 20.2 Å². The fraction of sp³-hybridized carbons (Fsp3) is 0.222. The maximum Gasteiger partial charge on any atom is 0.254 e. The number of methoxy groups -OCH3 is 1. The molecule has 0 saturated carbocycles. The molecule has 0 bridgehead atoms. The number of carbonyl (C=O) groups is 2.